The van der Waals surface area contributed by atoms with E-state index in [0.29, 0.717) is 18.2 Å². The van der Waals surface area contributed by atoms with E-state index in [1.54, 1.807) is 5.38 Å². The number of aryl methyl sites for hydroxylation is 1. The Hall–Kier alpha value is -3.39. The van der Waals surface area contributed by atoms with Crippen LogP contribution in [0.5, 0.6) is 5.75 Å². The molecule has 0 saturated heterocycles. The second-order valence-electron chi connectivity index (χ2n) is 9.72. The Morgan fingerprint density at radius 1 is 1.03 bits per heavy atom. The van der Waals surface area contributed by atoms with Crippen LogP contribution in [-0.4, -0.2) is 29.0 Å². The third-order valence-corrected chi connectivity index (χ3v) is 7.56. The minimum Gasteiger partial charge on any atom is -0.486 e. The van der Waals surface area contributed by atoms with Crippen LogP contribution < -0.4 is 20.7 Å². The highest BCUT2D eigenvalue weighted by Crippen LogP contribution is 2.22. The maximum atomic E-state index is 13.0. The standard InChI is InChI=1S/C29H36N4O3S/c1-4-20-9-5-6-10-23(20)32-29(35)33-25-12-8-7-11-24(25)31-28(34)26-18-37-27(30-26)17-36-22-15-13-21(14-16-22)19(2)3/h5-6,9-10,13-16,18-19,24-25H,4,7-8,11-12,17H2,1-3H3,(H,31,34)(H2,32,33,35). The number of urea groups is 1. The quantitative estimate of drug-likeness (QED) is 0.310. The van der Waals surface area contributed by atoms with Crippen LogP contribution in [-0.2, 0) is 13.0 Å². The van der Waals surface area contributed by atoms with Crippen molar-refractivity contribution in [2.75, 3.05) is 5.32 Å². The predicted molar refractivity (Wildman–Crippen MR) is 148 cm³/mol. The molecule has 1 aromatic heterocycles. The first-order chi connectivity index (χ1) is 17.9. The Morgan fingerprint density at radius 2 is 1.73 bits per heavy atom. The highest BCUT2D eigenvalue weighted by Gasteiger charge is 2.29. The first-order valence-corrected chi connectivity index (χ1v) is 13.9. The molecule has 3 amide bonds. The number of thiazole rings is 1. The minimum atomic E-state index is -0.249. The molecule has 3 N–H and O–H groups in total. The molecule has 0 aliphatic heterocycles. The van der Waals surface area contributed by atoms with Crippen molar-refractivity contribution in [3.05, 3.63) is 75.7 Å². The summed E-state index contributed by atoms with van der Waals surface area (Å²) in [5.74, 6) is 1.03. The topological polar surface area (TPSA) is 92.4 Å². The van der Waals surface area contributed by atoms with Gasteiger partial charge in [0.2, 0.25) is 0 Å². The number of benzene rings is 2. The number of ether oxygens (including phenoxy) is 1. The van der Waals surface area contributed by atoms with Gasteiger partial charge in [-0.3, -0.25) is 4.79 Å². The summed E-state index contributed by atoms with van der Waals surface area (Å²) in [6, 6.07) is 15.3. The maximum absolute atomic E-state index is 13.0. The number of aromatic nitrogens is 1. The Labute approximate surface area is 223 Å². The molecule has 2 atom stereocenters. The van der Waals surface area contributed by atoms with Crippen LogP contribution in [0, 0.1) is 0 Å². The van der Waals surface area contributed by atoms with Gasteiger partial charge in [-0.2, -0.15) is 0 Å². The summed E-state index contributed by atoms with van der Waals surface area (Å²) in [6.07, 6.45) is 4.49. The zero-order valence-electron chi connectivity index (χ0n) is 21.8. The van der Waals surface area contributed by atoms with Crippen molar-refractivity contribution in [2.45, 2.75) is 77.5 Å². The first-order valence-electron chi connectivity index (χ1n) is 13.1. The monoisotopic (exact) mass is 520 g/mol. The molecule has 1 saturated carbocycles. The highest BCUT2D eigenvalue weighted by atomic mass is 32.1. The van der Waals surface area contributed by atoms with Gasteiger partial charge in [0.25, 0.3) is 5.91 Å². The van der Waals surface area contributed by atoms with Crippen molar-refractivity contribution in [2.24, 2.45) is 0 Å². The van der Waals surface area contributed by atoms with Gasteiger partial charge in [-0.05, 0) is 54.5 Å². The van der Waals surface area contributed by atoms with Crippen LogP contribution >= 0.6 is 11.3 Å². The van der Waals surface area contributed by atoms with Gasteiger partial charge in [0.1, 0.15) is 23.1 Å². The van der Waals surface area contributed by atoms with Gasteiger partial charge in [0.15, 0.2) is 0 Å². The highest BCUT2D eigenvalue weighted by molar-refractivity contribution is 7.09. The number of hydrogen-bond acceptors (Lipinski definition) is 5. The molecule has 1 heterocycles. The second kappa shape index (κ2) is 12.7. The van der Waals surface area contributed by atoms with E-state index >= 15 is 0 Å². The smallest absolute Gasteiger partial charge is 0.319 e. The number of hydrogen-bond donors (Lipinski definition) is 3. The zero-order chi connectivity index (χ0) is 26.2. The molecule has 1 fully saturated rings. The van der Waals surface area contributed by atoms with Crippen molar-refractivity contribution in [1.29, 1.82) is 0 Å². The fraction of sp³-hybridized carbons (Fsp3) is 0.414. The summed E-state index contributed by atoms with van der Waals surface area (Å²) in [4.78, 5) is 30.2. The normalized spacial score (nSPS) is 17.3. The molecule has 0 spiro atoms. The Balaban J connectivity index is 1.30. The van der Waals surface area contributed by atoms with E-state index in [4.69, 9.17) is 4.74 Å². The van der Waals surface area contributed by atoms with Crippen LogP contribution in [0.2, 0.25) is 0 Å². The molecule has 1 aliphatic carbocycles. The molecule has 4 rings (SSSR count). The fourth-order valence-electron chi connectivity index (χ4n) is 4.57. The van der Waals surface area contributed by atoms with Gasteiger partial charge in [0.05, 0.1) is 6.04 Å². The Morgan fingerprint density at radius 3 is 2.43 bits per heavy atom. The van der Waals surface area contributed by atoms with Gasteiger partial charge in [0, 0.05) is 17.1 Å². The van der Waals surface area contributed by atoms with Crippen molar-refractivity contribution in [3.8, 4) is 5.75 Å². The van der Waals surface area contributed by atoms with Crippen molar-refractivity contribution < 1.29 is 14.3 Å². The van der Waals surface area contributed by atoms with E-state index in [9.17, 15) is 9.59 Å². The van der Waals surface area contributed by atoms with E-state index in [2.05, 4.69) is 53.8 Å². The van der Waals surface area contributed by atoms with Crippen LogP contribution in [0.1, 0.15) is 79.0 Å². The second-order valence-corrected chi connectivity index (χ2v) is 10.7. The van der Waals surface area contributed by atoms with Gasteiger partial charge < -0.3 is 20.7 Å². The third kappa shape index (κ3) is 7.32. The lowest BCUT2D eigenvalue weighted by Crippen LogP contribution is -2.54. The lowest BCUT2D eigenvalue weighted by Gasteiger charge is -2.32. The number of rotatable bonds is 9. The number of nitrogens with zero attached hydrogens (tertiary/aromatic N) is 1. The molecule has 2 unspecified atom stereocenters. The molecule has 3 aromatic rings. The fourth-order valence-corrected chi connectivity index (χ4v) is 5.26. The van der Waals surface area contributed by atoms with Crippen LogP contribution in [0.25, 0.3) is 0 Å². The van der Waals surface area contributed by atoms with Gasteiger partial charge >= 0.3 is 6.03 Å². The third-order valence-electron chi connectivity index (χ3n) is 6.74. The number of nitrogens with one attached hydrogen (secondary N) is 3. The SMILES string of the molecule is CCc1ccccc1NC(=O)NC1CCCCC1NC(=O)c1csc(COc2ccc(C(C)C)cc2)n1. The average molecular weight is 521 g/mol. The molecular weight excluding hydrogens is 484 g/mol. The summed E-state index contributed by atoms with van der Waals surface area (Å²) < 4.78 is 5.86. The summed E-state index contributed by atoms with van der Waals surface area (Å²) in [5.41, 5.74) is 3.54. The van der Waals surface area contributed by atoms with E-state index < -0.39 is 0 Å². The van der Waals surface area contributed by atoms with Gasteiger partial charge in [-0.25, -0.2) is 9.78 Å². The van der Waals surface area contributed by atoms with Crippen molar-refractivity contribution in [3.63, 3.8) is 0 Å². The van der Waals surface area contributed by atoms with E-state index in [0.717, 1.165) is 54.1 Å². The predicted octanol–water partition coefficient (Wildman–Crippen LogP) is 6.27. The lowest BCUT2D eigenvalue weighted by molar-refractivity contribution is 0.0911. The molecule has 1 aliphatic rings. The summed E-state index contributed by atoms with van der Waals surface area (Å²) in [6.45, 7) is 6.69. The molecule has 8 heteroatoms. The largest absolute Gasteiger partial charge is 0.486 e. The summed E-state index contributed by atoms with van der Waals surface area (Å²) in [5, 5.41) is 11.6. The Kier molecular flexibility index (Phi) is 9.17. The molecular formula is C29H36N4O3S. The molecule has 196 valence electrons. The molecule has 7 nitrogen and oxygen atoms in total. The number of carbonyl (C=O) groups excluding carboxylic acids is 2. The number of anilines is 1. The van der Waals surface area contributed by atoms with Crippen LogP contribution in [0.4, 0.5) is 10.5 Å². The minimum absolute atomic E-state index is 0.137. The van der Waals surface area contributed by atoms with Crippen molar-refractivity contribution in [1.82, 2.24) is 15.6 Å². The Bertz CT molecular complexity index is 1190. The summed E-state index contributed by atoms with van der Waals surface area (Å²) in [7, 11) is 0. The number of amides is 3. The number of para-hydroxylation sites is 1. The molecule has 2 aromatic carbocycles. The molecule has 0 bridgehead atoms. The van der Waals surface area contributed by atoms with Crippen molar-refractivity contribution >= 4 is 29.0 Å². The maximum Gasteiger partial charge on any atom is 0.319 e. The van der Waals surface area contributed by atoms with Crippen LogP contribution in [0.15, 0.2) is 53.9 Å². The van der Waals surface area contributed by atoms with E-state index in [-0.39, 0.29) is 24.0 Å². The first kappa shape index (κ1) is 26.7. The summed E-state index contributed by atoms with van der Waals surface area (Å²) >= 11 is 1.41. The zero-order valence-corrected chi connectivity index (χ0v) is 22.6. The average Bonchev–Trinajstić information content (AvgIpc) is 3.38. The lowest BCUT2D eigenvalue weighted by atomic mass is 9.90. The molecule has 0 radical (unpaired) electrons. The van der Waals surface area contributed by atoms with E-state index in [1.165, 1.54) is 16.9 Å². The van der Waals surface area contributed by atoms with Gasteiger partial charge in [-0.1, -0.05) is 63.9 Å². The van der Waals surface area contributed by atoms with Gasteiger partial charge in [-0.15, -0.1) is 11.3 Å². The van der Waals surface area contributed by atoms with E-state index in [1.807, 2.05) is 36.4 Å². The van der Waals surface area contributed by atoms with Crippen LogP contribution in [0.3, 0.4) is 0 Å². The molecule has 37 heavy (non-hydrogen) atoms. The number of carbonyl (C=O) groups is 2.